The second-order valence-electron chi connectivity index (χ2n) is 7.66. The van der Waals surface area contributed by atoms with Crippen molar-refractivity contribution in [1.29, 1.82) is 0 Å². The molecule has 0 bridgehead atoms. The molecule has 0 aliphatic heterocycles. The van der Waals surface area contributed by atoms with Gasteiger partial charge >= 0.3 is 0 Å². The number of carbonyl (C=O) groups excluding carboxylic acids is 2. The van der Waals surface area contributed by atoms with E-state index in [-0.39, 0.29) is 28.6 Å². The van der Waals surface area contributed by atoms with Crippen LogP contribution in [0.2, 0.25) is 0 Å². The quantitative estimate of drug-likeness (QED) is 0.180. The zero-order valence-electron chi connectivity index (χ0n) is 18.5. The predicted molar refractivity (Wildman–Crippen MR) is 131 cm³/mol. The molecule has 0 atom stereocenters. The number of benzene rings is 2. The molecule has 170 valence electrons. The Hall–Kier alpha value is -4.79. The minimum Gasteiger partial charge on any atom is -0.326 e. The number of nitro groups is 1. The second kappa shape index (κ2) is 9.37. The molecule has 0 aliphatic carbocycles. The molecule has 2 heterocycles. The molecule has 4 aromatic rings. The van der Waals surface area contributed by atoms with Gasteiger partial charge in [0, 0.05) is 36.0 Å². The number of aryl methyl sites for hydroxylation is 1. The molecule has 9 nitrogen and oxygen atoms in total. The summed E-state index contributed by atoms with van der Waals surface area (Å²) in [5.74, 6) is -0.473. The molecule has 2 N–H and O–H groups in total. The van der Waals surface area contributed by atoms with Crippen molar-refractivity contribution in [3.05, 3.63) is 105 Å². The molecule has 0 spiro atoms. The number of ketones is 1. The minimum absolute atomic E-state index is 0.157. The lowest BCUT2D eigenvalue weighted by atomic mass is 10.0. The first-order valence-corrected chi connectivity index (χ1v) is 10.4. The molecule has 4 rings (SSSR count). The molecule has 9 heteroatoms. The molecule has 2 aromatic carbocycles. The Kier molecular flexibility index (Phi) is 6.18. The Labute approximate surface area is 194 Å². The summed E-state index contributed by atoms with van der Waals surface area (Å²) in [7, 11) is 0. The Morgan fingerprint density at radius 3 is 2.53 bits per heavy atom. The smallest absolute Gasteiger partial charge is 0.294 e. The maximum atomic E-state index is 13.2. The molecule has 0 saturated carbocycles. The topological polar surface area (TPSA) is 118 Å². The van der Waals surface area contributed by atoms with Gasteiger partial charge in [-0.05, 0) is 60.5 Å². The van der Waals surface area contributed by atoms with Crippen LogP contribution >= 0.6 is 0 Å². The van der Waals surface area contributed by atoms with Crippen molar-refractivity contribution < 1.29 is 14.5 Å². The minimum atomic E-state index is -0.556. The Bertz CT molecular complexity index is 1440. The zero-order chi connectivity index (χ0) is 24.2. The molecule has 0 saturated heterocycles. The van der Waals surface area contributed by atoms with Crippen LogP contribution in [0.4, 0.5) is 17.1 Å². The standard InChI is InChI=1S/C25H21N5O4/c1-16-13-21-5-3-4-12-29(21)24(16)25(32)19-8-11-22(23(14-19)30(33)34)28-26-15-18-6-9-20(10-7-18)27-17(2)31/h3-15,28H,1-2H3,(H,27,31). The van der Waals surface area contributed by atoms with Crippen molar-refractivity contribution in [3.63, 3.8) is 0 Å². The summed E-state index contributed by atoms with van der Waals surface area (Å²) in [6, 6.07) is 18.7. The summed E-state index contributed by atoms with van der Waals surface area (Å²) in [6.45, 7) is 3.26. The number of pyridine rings is 1. The van der Waals surface area contributed by atoms with E-state index < -0.39 is 4.92 Å². The monoisotopic (exact) mass is 455 g/mol. The molecule has 34 heavy (non-hydrogen) atoms. The number of anilines is 2. The van der Waals surface area contributed by atoms with Crippen molar-refractivity contribution in [2.24, 2.45) is 5.10 Å². The highest BCUT2D eigenvalue weighted by Crippen LogP contribution is 2.28. The van der Waals surface area contributed by atoms with Crippen LogP contribution in [0.15, 0.2) is 78.0 Å². The van der Waals surface area contributed by atoms with Crippen LogP contribution in [0.1, 0.15) is 34.1 Å². The number of fused-ring (bicyclic) bond motifs is 1. The van der Waals surface area contributed by atoms with Crippen LogP contribution in [0.5, 0.6) is 0 Å². The predicted octanol–water partition coefficient (Wildman–Crippen LogP) is 4.79. The normalized spacial score (nSPS) is 11.0. The molecule has 0 fully saturated rings. The first-order valence-electron chi connectivity index (χ1n) is 10.4. The van der Waals surface area contributed by atoms with Crippen LogP contribution in [0.25, 0.3) is 5.52 Å². The maximum absolute atomic E-state index is 13.2. The van der Waals surface area contributed by atoms with E-state index in [9.17, 15) is 19.7 Å². The number of nitrogens with zero attached hydrogens (tertiary/aromatic N) is 3. The van der Waals surface area contributed by atoms with Gasteiger partial charge in [-0.2, -0.15) is 5.10 Å². The van der Waals surface area contributed by atoms with Gasteiger partial charge in [0.15, 0.2) is 0 Å². The molecule has 0 unspecified atom stereocenters. The largest absolute Gasteiger partial charge is 0.326 e. The summed E-state index contributed by atoms with van der Waals surface area (Å²) in [6.07, 6.45) is 3.29. The SMILES string of the molecule is CC(=O)Nc1ccc(C=NNc2ccc(C(=O)c3c(C)cc4ccccn34)cc2[N+](=O)[O-])cc1. The number of aromatic nitrogens is 1. The number of hydrogen-bond donors (Lipinski definition) is 2. The fraction of sp³-hybridized carbons (Fsp3) is 0.0800. The number of nitro benzene ring substituents is 1. The third-order valence-electron chi connectivity index (χ3n) is 5.17. The third-order valence-corrected chi connectivity index (χ3v) is 5.17. The van der Waals surface area contributed by atoms with E-state index in [1.165, 1.54) is 31.3 Å². The van der Waals surface area contributed by atoms with E-state index in [1.54, 1.807) is 34.9 Å². The van der Waals surface area contributed by atoms with Crippen molar-refractivity contribution in [3.8, 4) is 0 Å². The molecule has 0 radical (unpaired) electrons. The van der Waals surface area contributed by atoms with Crippen molar-refractivity contribution in [2.45, 2.75) is 13.8 Å². The Balaban J connectivity index is 1.56. The van der Waals surface area contributed by atoms with Crippen molar-refractivity contribution in [1.82, 2.24) is 4.40 Å². The third kappa shape index (κ3) is 4.68. The van der Waals surface area contributed by atoms with Crippen molar-refractivity contribution >= 4 is 40.5 Å². The van der Waals surface area contributed by atoms with E-state index in [2.05, 4.69) is 15.8 Å². The fourth-order valence-corrected chi connectivity index (χ4v) is 3.63. The number of carbonyl (C=O) groups is 2. The summed E-state index contributed by atoms with van der Waals surface area (Å²) < 4.78 is 1.77. The number of rotatable bonds is 7. The molecule has 1 amide bonds. The van der Waals surface area contributed by atoms with Crippen LogP contribution in [-0.2, 0) is 4.79 Å². The van der Waals surface area contributed by atoms with Crippen LogP contribution in [-0.4, -0.2) is 27.2 Å². The van der Waals surface area contributed by atoms with Crippen molar-refractivity contribution in [2.75, 3.05) is 10.7 Å². The maximum Gasteiger partial charge on any atom is 0.294 e. The first-order chi connectivity index (χ1) is 16.3. The fourth-order valence-electron chi connectivity index (χ4n) is 3.63. The Morgan fingerprint density at radius 2 is 1.82 bits per heavy atom. The average Bonchev–Trinajstić information content (AvgIpc) is 3.15. The second-order valence-corrected chi connectivity index (χ2v) is 7.66. The van der Waals surface area contributed by atoms with Crippen LogP contribution in [0.3, 0.4) is 0 Å². The van der Waals surface area contributed by atoms with Gasteiger partial charge in [-0.3, -0.25) is 25.1 Å². The lowest BCUT2D eigenvalue weighted by Crippen LogP contribution is -2.08. The van der Waals surface area contributed by atoms with Gasteiger partial charge in [0.2, 0.25) is 11.7 Å². The average molecular weight is 455 g/mol. The highest BCUT2D eigenvalue weighted by Gasteiger charge is 2.21. The van der Waals surface area contributed by atoms with Gasteiger partial charge in [0.05, 0.1) is 16.8 Å². The van der Waals surface area contributed by atoms with Gasteiger partial charge in [0.25, 0.3) is 5.69 Å². The van der Waals surface area contributed by atoms with Gasteiger partial charge in [-0.15, -0.1) is 0 Å². The number of hydrogen-bond acceptors (Lipinski definition) is 6. The molecule has 2 aromatic heterocycles. The van der Waals surface area contributed by atoms with E-state index >= 15 is 0 Å². The van der Waals surface area contributed by atoms with Crippen LogP contribution < -0.4 is 10.7 Å². The van der Waals surface area contributed by atoms with E-state index in [0.717, 1.165) is 16.6 Å². The number of hydrazone groups is 1. The summed E-state index contributed by atoms with van der Waals surface area (Å²) in [5, 5.41) is 18.4. The first kappa shape index (κ1) is 22.4. The highest BCUT2D eigenvalue weighted by atomic mass is 16.6. The zero-order valence-corrected chi connectivity index (χ0v) is 18.5. The van der Waals surface area contributed by atoms with Gasteiger partial charge in [0.1, 0.15) is 5.69 Å². The summed E-state index contributed by atoms with van der Waals surface area (Å²) in [5.41, 5.74) is 6.28. The number of amides is 1. The summed E-state index contributed by atoms with van der Waals surface area (Å²) >= 11 is 0. The lowest BCUT2D eigenvalue weighted by molar-refractivity contribution is -0.384. The lowest BCUT2D eigenvalue weighted by Gasteiger charge is -2.07. The molecular weight excluding hydrogens is 434 g/mol. The van der Waals surface area contributed by atoms with Crippen LogP contribution in [0, 0.1) is 17.0 Å². The Morgan fingerprint density at radius 1 is 1.06 bits per heavy atom. The van der Waals surface area contributed by atoms with E-state index in [4.69, 9.17) is 0 Å². The molecule has 0 aliphatic rings. The van der Waals surface area contributed by atoms with Gasteiger partial charge in [-0.1, -0.05) is 18.2 Å². The molecular formula is C25H21N5O4. The van der Waals surface area contributed by atoms with Gasteiger partial charge < -0.3 is 9.72 Å². The highest BCUT2D eigenvalue weighted by molar-refractivity contribution is 6.10. The van der Waals surface area contributed by atoms with E-state index in [0.29, 0.717) is 11.4 Å². The number of nitrogens with one attached hydrogen (secondary N) is 2. The summed E-state index contributed by atoms with van der Waals surface area (Å²) in [4.78, 5) is 35.4. The van der Waals surface area contributed by atoms with E-state index in [1.807, 2.05) is 31.2 Å². The van der Waals surface area contributed by atoms with Gasteiger partial charge in [-0.25, -0.2) is 0 Å².